The Labute approximate surface area is 222 Å². The highest BCUT2D eigenvalue weighted by Crippen LogP contribution is 2.44. The van der Waals surface area contributed by atoms with Gasteiger partial charge in [0, 0.05) is 23.9 Å². The van der Waals surface area contributed by atoms with Crippen molar-refractivity contribution in [2.24, 2.45) is 0 Å². The minimum Gasteiger partial charge on any atom is -0.507 e. The molecular formula is C31H32N2O5. The smallest absolute Gasteiger partial charge is 0.300 e. The molecule has 0 bridgehead atoms. The predicted octanol–water partition coefficient (Wildman–Crippen LogP) is 5.89. The number of benzene rings is 3. The van der Waals surface area contributed by atoms with Gasteiger partial charge in [-0.25, -0.2) is 0 Å². The first kappa shape index (κ1) is 26.7. The Balaban J connectivity index is 1.97. The van der Waals surface area contributed by atoms with Crippen molar-refractivity contribution in [1.29, 1.82) is 0 Å². The normalized spacial score (nSPS) is 17.0. The zero-order valence-electron chi connectivity index (χ0n) is 22.5. The molecule has 3 aromatic rings. The molecule has 38 heavy (non-hydrogen) atoms. The highest BCUT2D eigenvalue weighted by molar-refractivity contribution is 6.51. The Morgan fingerprint density at radius 3 is 2.37 bits per heavy atom. The van der Waals surface area contributed by atoms with Crippen LogP contribution in [-0.4, -0.2) is 29.8 Å². The van der Waals surface area contributed by atoms with Crippen molar-refractivity contribution in [1.82, 2.24) is 0 Å². The van der Waals surface area contributed by atoms with Crippen molar-refractivity contribution in [2.75, 3.05) is 17.3 Å². The third-order valence-corrected chi connectivity index (χ3v) is 6.66. The highest BCUT2D eigenvalue weighted by Gasteiger charge is 2.47. The van der Waals surface area contributed by atoms with Crippen molar-refractivity contribution in [2.45, 2.75) is 46.1 Å². The molecule has 7 heteroatoms. The van der Waals surface area contributed by atoms with Crippen LogP contribution in [0.25, 0.3) is 5.76 Å². The van der Waals surface area contributed by atoms with Crippen LogP contribution in [0.15, 0.2) is 72.3 Å². The lowest BCUT2D eigenvalue weighted by Crippen LogP contribution is -2.29. The molecule has 1 heterocycles. The monoisotopic (exact) mass is 512 g/mol. The third kappa shape index (κ3) is 5.05. The van der Waals surface area contributed by atoms with E-state index in [1.165, 1.54) is 18.9 Å². The maximum absolute atomic E-state index is 13.6. The maximum atomic E-state index is 13.6. The summed E-state index contributed by atoms with van der Waals surface area (Å²) in [4.78, 5) is 40.1. The molecular weight excluding hydrogens is 480 g/mol. The number of nitrogens with one attached hydrogen (secondary N) is 1. The fraction of sp³-hybridized carbons (Fsp3) is 0.258. The van der Waals surface area contributed by atoms with Gasteiger partial charge in [0.25, 0.3) is 11.7 Å². The number of Topliss-reactive ketones (excluding diaryl/α,β-unsaturated/α-hetero) is 1. The molecule has 1 unspecified atom stereocenters. The second kappa shape index (κ2) is 10.2. The van der Waals surface area contributed by atoms with Gasteiger partial charge in [-0.15, -0.1) is 0 Å². The van der Waals surface area contributed by atoms with E-state index in [4.69, 9.17) is 4.74 Å². The number of methoxy groups -OCH3 is 1. The molecule has 2 amide bonds. The number of nitrogens with zero attached hydrogens (tertiary/aromatic N) is 1. The van der Waals surface area contributed by atoms with Gasteiger partial charge in [0.15, 0.2) is 0 Å². The molecule has 7 nitrogen and oxygen atoms in total. The zero-order valence-corrected chi connectivity index (χ0v) is 22.5. The first-order valence-corrected chi connectivity index (χ1v) is 12.4. The van der Waals surface area contributed by atoms with E-state index >= 15 is 0 Å². The molecule has 1 aliphatic heterocycles. The molecule has 0 aromatic heterocycles. The van der Waals surface area contributed by atoms with Gasteiger partial charge in [0.2, 0.25) is 5.91 Å². The van der Waals surface area contributed by atoms with E-state index in [0.29, 0.717) is 28.3 Å². The number of anilines is 2. The predicted molar refractivity (Wildman–Crippen MR) is 148 cm³/mol. The van der Waals surface area contributed by atoms with Crippen molar-refractivity contribution < 1.29 is 24.2 Å². The molecule has 3 aromatic carbocycles. The summed E-state index contributed by atoms with van der Waals surface area (Å²) in [5.74, 6) is -1.51. The molecule has 2 N–H and O–H groups in total. The molecule has 0 aliphatic carbocycles. The Bertz CT molecular complexity index is 1470. The van der Waals surface area contributed by atoms with Gasteiger partial charge < -0.3 is 15.2 Å². The number of hydrogen-bond acceptors (Lipinski definition) is 5. The van der Waals surface area contributed by atoms with Crippen LogP contribution in [0.2, 0.25) is 0 Å². The fourth-order valence-corrected chi connectivity index (χ4v) is 4.65. The van der Waals surface area contributed by atoms with Gasteiger partial charge in [-0.3, -0.25) is 19.3 Å². The Morgan fingerprint density at radius 1 is 1.00 bits per heavy atom. The number of carbonyl (C=O) groups excluding carboxylic acids is 3. The largest absolute Gasteiger partial charge is 0.507 e. The Hall–Kier alpha value is -4.39. The summed E-state index contributed by atoms with van der Waals surface area (Å²) in [7, 11) is 1.54. The number of carbonyl (C=O) groups is 3. The van der Waals surface area contributed by atoms with Crippen LogP contribution in [0.1, 0.15) is 56.0 Å². The average molecular weight is 513 g/mol. The summed E-state index contributed by atoms with van der Waals surface area (Å²) < 4.78 is 5.41. The molecule has 4 rings (SSSR count). The number of ketones is 1. The standard InChI is InChI=1S/C31H32N2O5/c1-18-13-14-21(31(3,4)5)16-25(18)28(35)26-27(20-9-7-12-24(15-20)38-6)33(30(37)29(26)36)23-11-8-10-22(17-23)32-19(2)34/h7-17,27,35H,1-6H3,(H,32,34)/b28-26+. The molecule has 1 aliphatic rings. The summed E-state index contributed by atoms with van der Waals surface area (Å²) in [6.45, 7) is 9.45. The minimum atomic E-state index is -0.921. The Kier molecular flexibility index (Phi) is 7.14. The van der Waals surface area contributed by atoms with Crippen molar-refractivity contribution in [3.05, 3.63) is 94.6 Å². The number of amides is 2. The maximum Gasteiger partial charge on any atom is 0.300 e. The zero-order chi connectivity index (χ0) is 27.8. The van der Waals surface area contributed by atoms with E-state index in [-0.39, 0.29) is 22.7 Å². The molecule has 196 valence electrons. The molecule has 1 fully saturated rings. The quantitative estimate of drug-likeness (QED) is 0.253. The van der Waals surface area contributed by atoms with Crippen molar-refractivity contribution >= 4 is 34.7 Å². The van der Waals surface area contributed by atoms with E-state index in [9.17, 15) is 19.5 Å². The first-order chi connectivity index (χ1) is 17.9. The molecule has 1 atom stereocenters. The third-order valence-electron chi connectivity index (χ3n) is 6.66. The van der Waals surface area contributed by atoms with E-state index in [1.807, 2.05) is 25.1 Å². The van der Waals surface area contributed by atoms with Gasteiger partial charge in [0.1, 0.15) is 11.5 Å². The van der Waals surface area contributed by atoms with Gasteiger partial charge in [0.05, 0.1) is 18.7 Å². The molecule has 1 saturated heterocycles. The van der Waals surface area contributed by atoms with Crippen molar-refractivity contribution in [3.63, 3.8) is 0 Å². The van der Waals surface area contributed by atoms with E-state index < -0.39 is 17.7 Å². The second-order valence-electron chi connectivity index (χ2n) is 10.5. The lowest BCUT2D eigenvalue weighted by Gasteiger charge is -2.26. The van der Waals surface area contributed by atoms with Crippen LogP contribution < -0.4 is 15.0 Å². The van der Waals surface area contributed by atoms with Crippen LogP contribution in [0.4, 0.5) is 11.4 Å². The average Bonchev–Trinajstić information content (AvgIpc) is 3.13. The van der Waals surface area contributed by atoms with E-state index in [2.05, 4.69) is 26.1 Å². The topological polar surface area (TPSA) is 95.9 Å². The molecule has 0 saturated carbocycles. The lowest BCUT2D eigenvalue weighted by atomic mass is 9.84. The van der Waals surface area contributed by atoms with Crippen LogP contribution in [-0.2, 0) is 19.8 Å². The Morgan fingerprint density at radius 2 is 1.71 bits per heavy atom. The fourth-order valence-electron chi connectivity index (χ4n) is 4.65. The summed E-state index contributed by atoms with van der Waals surface area (Å²) in [6, 6.07) is 18.6. The minimum absolute atomic E-state index is 0.0117. The van der Waals surface area contributed by atoms with Gasteiger partial charge >= 0.3 is 0 Å². The summed E-state index contributed by atoms with van der Waals surface area (Å²) >= 11 is 0. The highest BCUT2D eigenvalue weighted by atomic mass is 16.5. The molecule has 0 radical (unpaired) electrons. The lowest BCUT2D eigenvalue weighted by molar-refractivity contribution is -0.132. The van der Waals surface area contributed by atoms with Crippen molar-refractivity contribution in [3.8, 4) is 5.75 Å². The number of hydrogen-bond donors (Lipinski definition) is 2. The van der Waals surface area contributed by atoms with Crippen LogP contribution in [0, 0.1) is 6.92 Å². The summed E-state index contributed by atoms with van der Waals surface area (Å²) in [5.41, 5.74) is 3.54. The van der Waals surface area contributed by atoms with Crippen LogP contribution in [0.3, 0.4) is 0 Å². The van der Waals surface area contributed by atoms with Crippen LogP contribution in [0.5, 0.6) is 5.75 Å². The number of aryl methyl sites for hydroxylation is 1. The van der Waals surface area contributed by atoms with Gasteiger partial charge in [-0.2, -0.15) is 0 Å². The van der Waals surface area contributed by atoms with E-state index in [1.54, 1.807) is 48.5 Å². The van der Waals surface area contributed by atoms with Gasteiger partial charge in [-0.05, 0) is 65.4 Å². The number of aliphatic hydroxyl groups is 1. The number of ether oxygens (including phenoxy) is 1. The second-order valence-corrected chi connectivity index (χ2v) is 10.5. The SMILES string of the molecule is COc1cccc(C2/C(=C(\O)c3cc(C(C)(C)C)ccc3C)C(=O)C(=O)N2c2cccc(NC(C)=O)c2)c1. The van der Waals surface area contributed by atoms with Crippen LogP contribution >= 0.6 is 0 Å². The van der Waals surface area contributed by atoms with Gasteiger partial charge in [-0.1, -0.05) is 51.1 Å². The molecule has 0 spiro atoms. The number of aliphatic hydroxyl groups excluding tert-OH is 1. The first-order valence-electron chi connectivity index (χ1n) is 12.4. The summed E-state index contributed by atoms with van der Waals surface area (Å²) in [6.07, 6.45) is 0. The van der Waals surface area contributed by atoms with E-state index in [0.717, 1.165) is 11.1 Å². The number of rotatable bonds is 5. The summed E-state index contributed by atoms with van der Waals surface area (Å²) in [5, 5.41) is 14.4.